The largest absolute Gasteiger partial charge is 0.394 e. The van der Waals surface area contributed by atoms with E-state index in [0.717, 1.165) is 37.2 Å². The summed E-state index contributed by atoms with van der Waals surface area (Å²) in [7, 11) is 1.64. The predicted molar refractivity (Wildman–Crippen MR) is 143 cm³/mol. The molecule has 2 heterocycles. The molecule has 2 amide bonds. The minimum absolute atomic E-state index is 0.248. The van der Waals surface area contributed by atoms with Crippen LogP contribution in [0.25, 0.3) is 0 Å². The molecule has 0 aromatic carbocycles. The molecule has 0 aromatic heterocycles. The molecule has 0 radical (unpaired) electrons. The summed E-state index contributed by atoms with van der Waals surface area (Å²) < 4.78 is 20.9. The molecule has 0 saturated carbocycles. The van der Waals surface area contributed by atoms with Gasteiger partial charge in [-0.2, -0.15) is 0 Å². The third-order valence-corrected chi connectivity index (χ3v) is 7.09. The molecular weight excluding hydrogens is 510 g/mol. The Kier molecular flexibility index (Phi) is 16.1. The van der Waals surface area contributed by atoms with Crippen molar-refractivity contribution in [1.82, 2.24) is 10.2 Å². The zero-order chi connectivity index (χ0) is 28.5. The van der Waals surface area contributed by atoms with Gasteiger partial charge in [0.1, 0.15) is 25.1 Å². The highest BCUT2D eigenvalue weighted by Gasteiger charge is 2.48. The molecule has 12 nitrogen and oxygen atoms in total. The lowest BCUT2D eigenvalue weighted by atomic mass is 9.98. The fourth-order valence-electron chi connectivity index (χ4n) is 4.63. The van der Waals surface area contributed by atoms with Crippen LogP contribution in [0.2, 0.25) is 0 Å². The van der Waals surface area contributed by atoms with Crippen LogP contribution < -0.4 is 11.1 Å². The van der Waals surface area contributed by atoms with Gasteiger partial charge in [-0.15, -0.1) is 0 Å². The van der Waals surface area contributed by atoms with Gasteiger partial charge in [-0.05, 0) is 18.9 Å². The lowest BCUT2D eigenvalue weighted by Gasteiger charge is -2.36. The number of aliphatic hydroxyl groups is 3. The summed E-state index contributed by atoms with van der Waals surface area (Å²) in [6.45, 7) is 1.71. The summed E-state index contributed by atoms with van der Waals surface area (Å²) in [5.74, 6) is -0.295. The number of carbonyl (C=O) groups excluding carboxylic acids is 2. The second-order valence-corrected chi connectivity index (χ2v) is 10.2. The highest BCUT2D eigenvalue weighted by atomic mass is 16.7. The highest BCUT2D eigenvalue weighted by Crippen LogP contribution is 2.26. The van der Waals surface area contributed by atoms with Crippen molar-refractivity contribution in [2.45, 2.75) is 107 Å². The molecule has 0 aromatic rings. The fraction of sp³-hybridized carbons (Fsp3) is 0.852. The van der Waals surface area contributed by atoms with Crippen molar-refractivity contribution in [2.24, 2.45) is 5.73 Å². The third kappa shape index (κ3) is 11.4. The molecule has 1 unspecified atom stereocenters. The molecule has 0 bridgehead atoms. The maximum atomic E-state index is 12.7. The number of Topliss-reactive ketones (excluding diaryl/α,β-unsaturated/α-hetero) is 1. The van der Waals surface area contributed by atoms with Crippen molar-refractivity contribution >= 4 is 11.8 Å². The second-order valence-electron chi connectivity index (χ2n) is 10.2. The SMILES string of the molecule is COCCOCOCCCCCCCCCCCCCC(=O)C1(N)C=CN([C@@H]2O[C@H](CO)[C@@H](O)[C@@H]2O)C(=O)N1. The predicted octanol–water partition coefficient (Wildman–Crippen LogP) is 1.51. The third-order valence-electron chi connectivity index (χ3n) is 7.09. The minimum atomic E-state index is -1.63. The van der Waals surface area contributed by atoms with Gasteiger partial charge in [-0.3, -0.25) is 15.4 Å². The molecule has 2 aliphatic heterocycles. The molecule has 2 rings (SSSR count). The fourth-order valence-corrected chi connectivity index (χ4v) is 4.63. The molecule has 0 spiro atoms. The number of rotatable bonds is 22. The van der Waals surface area contributed by atoms with Crippen LogP contribution in [0, 0.1) is 0 Å². The van der Waals surface area contributed by atoms with Gasteiger partial charge in [-0.1, -0.05) is 57.8 Å². The minimum Gasteiger partial charge on any atom is -0.394 e. The standard InChI is InChI=1S/C27H49N3O9/c1-36-17-18-38-20-37-16-12-10-8-6-4-2-3-5-7-9-11-13-22(32)27(28)14-15-30(26(35)29-27)25-24(34)23(33)21(19-31)39-25/h14-15,21,23-25,31,33-34H,2-13,16-20,28H2,1H3,(H,29,35)/t21-,23-,24+,25-,27?/m1/s1. The van der Waals surface area contributed by atoms with Crippen LogP contribution in [-0.4, -0.2) is 103 Å². The molecule has 226 valence electrons. The number of nitrogens with one attached hydrogen (secondary N) is 1. The van der Waals surface area contributed by atoms with Crippen LogP contribution in [0.4, 0.5) is 4.79 Å². The molecule has 5 atom stereocenters. The van der Waals surface area contributed by atoms with E-state index < -0.39 is 42.8 Å². The van der Waals surface area contributed by atoms with E-state index in [0.29, 0.717) is 26.4 Å². The van der Waals surface area contributed by atoms with Gasteiger partial charge in [0, 0.05) is 26.3 Å². The number of ketones is 1. The van der Waals surface area contributed by atoms with Crippen LogP contribution in [0.3, 0.4) is 0 Å². The van der Waals surface area contributed by atoms with E-state index in [1.807, 2.05) is 0 Å². The Morgan fingerprint density at radius 1 is 0.974 bits per heavy atom. The Labute approximate surface area is 231 Å². The number of urea groups is 1. The van der Waals surface area contributed by atoms with E-state index in [2.05, 4.69) is 5.32 Å². The molecule has 2 aliphatic rings. The van der Waals surface area contributed by atoms with Crippen molar-refractivity contribution in [2.75, 3.05) is 40.3 Å². The number of ether oxygens (including phenoxy) is 4. The average molecular weight is 560 g/mol. The molecule has 39 heavy (non-hydrogen) atoms. The molecule has 12 heteroatoms. The molecule has 0 aliphatic carbocycles. The van der Waals surface area contributed by atoms with Gasteiger partial charge >= 0.3 is 6.03 Å². The first kappa shape index (κ1) is 33.6. The van der Waals surface area contributed by atoms with Crippen molar-refractivity contribution in [3.05, 3.63) is 12.3 Å². The Bertz CT molecular complexity index is 741. The molecule has 6 N–H and O–H groups in total. The zero-order valence-electron chi connectivity index (χ0n) is 23.3. The van der Waals surface area contributed by atoms with Crippen molar-refractivity contribution in [3.63, 3.8) is 0 Å². The van der Waals surface area contributed by atoms with Gasteiger partial charge in [0.2, 0.25) is 0 Å². The van der Waals surface area contributed by atoms with E-state index in [1.54, 1.807) is 7.11 Å². The molecule has 1 fully saturated rings. The maximum Gasteiger partial charge on any atom is 0.325 e. The Balaban J connectivity index is 1.48. The first-order valence-corrected chi connectivity index (χ1v) is 14.2. The number of unbranched alkanes of at least 4 members (excludes halogenated alkanes) is 10. The number of nitrogens with two attached hydrogens (primary N) is 1. The van der Waals surface area contributed by atoms with Gasteiger partial charge < -0.3 is 39.6 Å². The van der Waals surface area contributed by atoms with Gasteiger partial charge in [0.25, 0.3) is 0 Å². The number of amides is 2. The topological polar surface area (TPSA) is 173 Å². The first-order chi connectivity index (χ1) is 18.8. The Morgan fingerprint density at radius 3 is 2.13 bits per heavy atom. The summed E-state index contributed by atoms with van der Waals surface area (Å²) in [6, 6.07) is -0.722. The summed E-state index contributed by atoms with van der Waals surface area (Å²) >= 11 is 0. The quantitative estimate of drug-likeness (QED) is 0.0966. The Morgan fingerprint density at radius 2 is 1.56 bits per heavy atom. The van der Waals surface area contributed by atoms with Gasteiger partial charge in [0.05, 0.1) is 19.8 Å². The lowest BCUT2D eigenvalue weighted by Crippen LogP contribution is -2.66. The number of nitrogens with zero attached hydrogens (tertiary/aromatic N) is 1. The summed E-state index contributed by atoms with van der Waals surface area (Å²) in [5, 5.41) is 31.8. The summed E-state index contributed by atoms with van der Waals surface area (Å²) in [6.07, 6.45) is 10.1. The van der Waals surface area contributed by atoms with E-state index in [1.165, 1.54) is 50.8 Å². The van der Waals surface area contributed by atoms with E-state index in [4.69, 9.17) is 24.7 Å². The van der Waals surface area contributed by atoms with E-state index >= 15 is 0 Å². The number of carbonyl (C=O) groups is 2. The zero-order valence-corrected chi connectivity index (χ0v) is 23.3. The monoisotopic (exact) mass is 559 g/mol. The van der Waals surface area contributed by atoms with Crippen LogP contribution >= 0.6 is 0 Å². The highest BCUT2D eigenvalue weighted by molar-refractivity contribution is 5.95. The van der Waals surface area contributed by atoms with E-state index in [9.17, 15) is 24.9 Å². The van der Waals surface area contributed by atoms with Crippen molar-refractivity contribution in [1.29, 1.82) is 0 Å². The van der Waals surface area contributed by atoms with Crippen LogP contribution in [0.1, 0.15) is 77.0 Å². The Hall–Kier alpha value is -1.64. The smallest absolute Gasteiger partial charge is 0.325 e. The van der Waals surface area contributed by atoms with Gasteiger partial charge in [-0.25, -0.2) is 4.79 Å². The molecule has 1 saturated heterocycles. The summed E-state index contributed by atoms with van der Waals surface area (Å²) in [4.78, 5) is 26.3. The van der Waals surface area contributed by atoms with E-state index in [-0.39, 0.29) is 12.2 Å². The average Bonchev–Trinajstić information content (AvgIpc) is 3.20. The maximum absolute atomic E-state index is 12.7. The van der Waals surface area contributed by atoms with Gasteiger partial charge in [0.15, 0.2) is 17.7 Å². The summed E-state index contributed by atoms with van der Waals surface area (Å²) in [5.41, 5.74) is 4.51. The first-order valence-electron chi connectivity index (χ1n) is 14.2. The number of hydrogen-bond donors (Lipinski definition) is 5. The van der Waals surface area contributed by atoms with Crippen LogP contribution in [0.15, 0.2) is 12.3 Å². The number of hydrogen-bond acceptors (Lipinski definition) is 10. The lowest BCUT2D eigenvalue weighted by molar-refractivity contribution is -0.124. The number of methoxy groups -OCH3 is 1. The second kappa shape index (κ2) is 18.7. The normalized spacial score (nSPS) is 26.8. The number of aliphatic hydroxyl groups excluding tert-OH is 3. The van der Waals surface area contributed by atoms with Crippen molar-refractivity contribution in [3.8, 4) is 0 Å². The van der Waals surface area contributed by atoms with Crippen LogP contribution in [-0.2, 0) is 23.7 Å². The molecular formula is C27H49N3O9. The van der Waals surface area contributed by atoms with Crippen molar-refractivity contribution < 1.29 is 43.9 Å². The van der Waals surface area contributed by atoms with Crippen LogP contribution in [0.5, 0.6) is 0 Å².